The van der Waals surface area contributed by atoms with Crippen LogP contribution in [0.25, 0.3) is 0 Å². The van der Waals surface area contributed by atoms with E-state index < -0.39 is 21.5 Å². The lowest BCUT2D eigenvalue weighted by atomic mass is 9.97. The van der Waals surface area contributed by atoms with Crippen LogP contribution >= 0.6 is 0 Å². The van der Waals surface area contributed by atoms with Gasteiger partial charge in [0.2, 0.25) is 10.0 Å². The zero-order valence-electron chi connectivity index (χ0n) is 17.7. The van der Waals surface area contributed by atoms with Gasteiger partial charge in [0.15, 0.2) is 0 Å². The van der Waals surface area contributed by atoms with Crippen molar-refractivity contribution in [3.63, 3.8) is 0 Å². The molecule has 0 heterocycles. The van der Waals surface area contributed by atoms with Gasteiger partial charge in [0.25, 0.3) is 0 Å². The van der Waals surface area contributed by atoms with Gasteiger partial charge in [-0.1, -0.05) is 44.4 Å². The van der Waals surface area contributed by atoms with Crippen molar-refractivity contribution in [1.29, 1.82) is 0 Å². The summed E-state index contributed by atoms with van der Waals surface area (Å²) in [5.41, 5.74) is -0.256. The fraction of sp³-hybridized carbons (Fsp3) is 0.435. The molecule has 6 nitrogen and oxygen atoms in total. The first-order chi connectivity index (χ1) is 14.1. The van der Waals surface area contributed by atoms with Crippen molar-refractivity contribution >= 4 is 16.0 Å². The van der Waals surface area contributed by atoms with Crippen molar-refractivity contribution in [2.24, 2.45) is 5.92 Å². The predicted molar refractivity (Wildman–Crippen MR) is 115 cm³/mol. The second-order valence-corrected chi connectivity index (χ2v) is 10.2. The molecular weight excluding hydrogens is 402 g/mol. The van der Waals surface area contributed by atoms with Crippen molar-refractivity contribution in [2.75, 3.05) is 6.54 Å². The molecule has 30 heavy (non-hydrogen) atoms. The summed E-state index contributed by atoms with van der Waals surface area (Å²) in [7, 11) is -3.98. The summed E-state index contributed by atoms with van der Waals surface area (Å²) >= 11 is 0. The second kappa shape index (κ2) is 8.78. The molecular formula is C23H29NO5S. The largest absolute Gasteiger partial charge is 0.480 e. The van der Waals surface area contributed by atoms with E-state index in [0.29, 0.717) is 37.2 Å². The van der Waals surface area contributed by atoms with Crippen LogP contribution in [-0.4, -0.2) is 35.9 Å². The molecule has 2 aromatic carbocycles. The lowest BCUT2D eigenvalue weighted by molar-refractivity contribution is -0.148. The standard InChI is InChI=1S/C23H29NO5S/c1-17(2)16-24(23(22(25)26)14-4-5-15-23)30(27,28)21-12-10-20(11-13-21)29-19-8-6-18(3)7-9-19/h6-13,17H,4-5,14-16H2,1-3H3,(H,25,26). The Bertz CT molecular complexity index is 975. The Labute approximate surface area is 178 Å². The fourth-order valence-corrected chi connectivity index (χ4v) is 5.86. The van der Waals surface area contributed by atoms with E-state index in [1.807, 2.05) is 45.0 Å². The van der Waals surface area contributed by atoms with Crippen molar-refractivity contribution in [3.8, 4) is 11.5 Å². The summed E-state index contributed by atoms with van der Waals surface area (Å²) in [6.45, 7) is 5.94. The Kier molecular flexibility index (Phi) is 6.53. The van der Waals surface area contributed by atoms with Crippen molar-refractivity contribution in [1.82, 2.24) is 4.31 Å². The molecule has 1 fully saturated rings. The van der Waals surface area contributed by atoms with E-state index in [2.05, 4.69) is 0 Å². The normalized spacial score (nSPS) is 16.2. The van der Waals surface area contributed by atoms with Gasteiger partial charge in [0, 0.05) is 6.54 Å². The molecule has 0 spiro atoms. The van der Waals surface area contributed by atoms with Gasteiger partial charge in [0.1, 0.15) is 17.0 Å². The molecule has 0 saturated heterocycles. The van der Waals surface area contributed by atoms with Crippen molar-refractivity contribution in [2.45, 2.75) is 56.9 Å². The monoisotopic (exact) mass is 431 g/mol. The third-order valence-corrected chi connectivity index (χ3v) is 7.45. The smallest absolute Gasteiger partial charge is 0.325 e. The van der Waals surface area contributed by atoms with Gasteiger partial charge in [-0.15, -0.1) is 0 Å². The Morgan fingerprint density at radius 3 is 2.00 bits per heavy atom. The molecule has 162 valence electrons. The van der Waals surface area contributed by atoms with Crippen molar-refractivity contribution in [3.05, 3.63) is 54.1 Å². The van der Waals surface area contributed by atoms with E-state index in [4.69, 9.17) is 4.74 Å². The molecule has 0 amide bonds. The summed E-state index contributed by atoms with van der Waals surface area (Å²) < 4.78 is 34.0. The number of carboxylic acids is 1. The zero-order valence-corrected chi connectivity index (χ0v) is 18.5. The molecule has 1 aliphatic rings. The van der Waals surface area contributed by atoms with Crippen molar-refractivity contribution < 1.29 is 23.1 Å². The van der Waals surface area contributed by atoms with E-state index in [0.717, 1.165) is 5.56 Å². The maximum Gasteiger partial charge on any atom is 0.325 e. The minimum atomic E-state index is -3.98. The highest BCUT2D eigenvalue weighted by molar-refractivity contribution is 7.89. The summed E-state index contributed by atoms with van der Waals surface area (Å²) in [6.07, 6.45) is 2.09. The quantitative estimate of drug-likeness (QED) is 0.647. The Hall–Kier alpha value is -2.38. The van der Waals surface area contributed by atoms with E-state index >= 15 is 0 Å². The SMILES string of the molecule is Cc1ccc(Oc2ccc(S(=O)(=O)N(CC(C)C)C3(C(=O)O)CCCC3)cc2)cc1. The highest BCUT2D eigenvalue weighted by Gasteiger charge is 2.51. The summed E-state index contributed by atoms with van der Waals surface area (Å²) in [6, 6.07) is 13.7. The number of nitrogens with zero attached hydrogens (tertiary/aromatic N) is 1. The van der Waals surface area contributed by atoms with E-state index in [1.54, 1.807) is 12.1 Å². The Morgan fingerprint density at radius 1 is 1.03 bits per heavy atom. The number of aliphatic carboxylic acids is 1. The first-order valence-corrected chi connectivity index (χ1v) is 11.7. The number of hydrogen-bond donors (Lipinski definition) is 1. The number of carboxylic acid groups (broad SMARTS) is 1. The van der Waals surface area contributed by atoms with Gasteiger partial charge in [0.05, 0.1) is 4.90 Å². The molecule has 1 N–H and O–H groups in total. The maximum absolute atomic E-state index is 13.5. The predicted octanol–water partition coefficient (Wildman–Crippen LogP) is 4.83. The molecule has 0 aliphatic heterocycles. The summed E-state index contributed by atoms with van der Waals surface area (Å²) in [5.74, 6) is 0.111. The zero-order chi connectivity index (χ0) is 21.9. The maximum atomic E-state index is 13.5. The van der Waals surface area contributed by atoms with Gasteiger partial charge in [-0.3, -0.25) is 4.79 Å². The topological polar surface area (TPSA) is 83.9 Å². The number of benzene rings is 2. The van der Waals surface area contributed by atoms with Gasteiger partial charge < -0.3 is 9.84 Å². The third kappa shape index (κ3) is 4.52. The molecule has 0 bridgehead atoms. The third-order valence-electron chi connectivity index (χ3n) is 5.51. The molecule has 0 aromatic heterocycles. The number of ether oxygens (including phenoxy) is 1. The minimum Gasteiger partial charge on any atom is -0.480 e. The molecule has 0 unspecified atom stereocenters. The van der Waals surface area contributed by atoms with E-state index in [1.165, 1.54) is 16.4 Å². The average Bonchev–Trinajstić information content (AvgIpc) is 3.19. The highest BCUT2D eigenvalue weighted by Crippen LogP contribution is 2.40. The number of hydrogen-bond acceptors (Lipinski definition) is 4. The number of aryl methyl sites for hydroxylation is 1. The summed E-state index contributed by atoms with van der Waals surface area (Å²) in [4.78, 5) is 12.3. The molecule has 0 radical (unpaired) electrons. The van der Waals surface area contributed by atoms with Crippen LogP contribution in [-0.2, 0) is 14.8 Å². The van der Waals surface area contributed by atoms with Crippen LogP contribution in [0.4, 0.5) is 0 Å². The first-order valence-electron chi connectivity index (χ1n) is 10.3. The summed E-state index contributed by atoms with van der Waals surface area (Å²) in [5, 5.41) is 9.96. The minimum absolute atomic E-state index is 0.000689. The van der Waals surface area contributed by atoms with Gasteiger partial charge in [-0.05, 0) is 62.1 Å². The van der Waals surface area contributed by atoms with Gasteiger partial charge >= 0.3 is 5.97 Å². The first kappa shape index (κ1) is 22.3. The van der Waals surface area contributed by atoms with Gasteiger partial charge in [-0.25, -0.2) is 8.42 Å². The molecule has 2 aromatic rings. The molecule has 0 atom stereocenters. The lowest BCUT2D eigenvalue weighted by Crippen LogP contribution is -2.56. The molecule has 7 heteroatoms. The van der Waals surface area contributed by atoms with Crippen LogP contribution in [0, 0.1) is 12.8 Å². The number of carbonyl (C=O) groups is 1. The average molecular weight is 432 g/mol. The fourth-order valence-electron chi connectivity index (χ4n) is 3.91. The van der Waals surface area contributed by atoms with Crippen LogP contribution in [0.2, 0.25) is 0 Å². The van der Waals surface area contributed by atoms with Gasteiger partial charge in [-0.2, -0.15) is 4.31 Å². The van der Waals surface area contributed by atoms with Crippen LogP contribution in [0.15, 0.2) is 53.4 Å². The van der Waals surface area contributed by atoms with Crippen LogP contribution in [0.3, 0.4) is 0 Å². The van der Waals surface area contributed by atoms with E-state index in [9.17, 15) is 18.3 Å². The number of rotatable bonds is 8. The second-order valence-electron chi connectivity index (χ2n) is 8.36. The van der Waals surface area contributed by atoms with Crippen LogP contribution in [0.5, 0.6) is 11.5 Å². The molecule has 1 aliphatic carbocycles. The lowest BCUT2D eigenvalue weighted by Gasteiger charge is -2.37. The van der Waals surface area contributed by atoms with Crippen LogP contribution < -0.4 is 4.74 Å². The Balaban J connectivity index is 1.91. The van der Waals surface area contributed by atoms with Crippen LogP contribution in [0.1, 0.15) is 45.1 Å². The molecule has 3 rings (SSSR count). The Morgan fingerprint density at radius 2 is 1.53 bits per heavy atom. The molecule has 1 saturated carbocycles. The number of sulfonamides is 1. The highest BCUT2D eigenvalue weighted by atomic mass is 32.2. The van der Waals surface area contributed by atoms with E-state index in [-0.39, 0.29) is 17.4 Å².